The van der Waals surface area contributed by atoms with Gasteiger partial charge >= 0.3 is 0 Å². The first kappa shape index (κ1) is 15.8. The van der Waals surface area contributed by atoms with E-state index in [9.17, 15) is 9.18 Å². The highest BCUT2D eigenvalue weighted by atomic mass is 19.1. The molecular weight excluding hydrogens is 313 g/mol. The summed E-state index contributed by atoms with van der Waals surface area (Å²) in [5.74, 6) is -0.0923. The molecule has 0 aliphatic heterocycles. The van der Waals surface area contributed by atoms with E-state index in [2.05, 4.69) is 10.4 Å². The van der Waals surface area contributed by atoms with Gasteiger partial charge in [-0.1, -0.05) is 6.07 Å². The quantitative estimate of drug-likeness (QED) is 0.777. The molecule has 0 radical (unpaired) electrons. The van der Waals surface area contributed by atoms with E-state index >= 15 is 0 Å². The summed E-state index contributed by atoms with van der Waals surface area (Å²) in [6, 6.07) is 9.10. The number of nitrogens with zero attached hydrogens (tertiary/aromatic N) is 2. The van der Waals surface area contributed by atoms with Gasteiger partial charge in [-0.2, -0.15) is 5.10 Å². The van der Waals surface area contributed by atoms with Gasteiger partial charge in [-0.25, -0.2) is 9.07 Å². The molecule has 2 heterocycles. The number of benzene rings is 1. The molecule has 0 fully saturated rings. The largest absolute Gasteiger partial charge is 0.471 e. The van der Waals surface area contributed by atoms with E-state index in [0.29, 0.717) is 17.1 Å². The van der Waals surface area contributed by atoms with Crippen LogP contribution in [0.1, 0.15) is 21.9 Å². The number of aryl methyl sites for hydroxylation is 1. The van der Waals surface area contributed by atoms with Crippen molar-refractivity contribution in [3.05, 3.63) is 65.6 Å². The van der Waals surface area contributed by atoms with Crippen molar-refractivity contribution >= 4 is 11.6 Å². The maximum Gasteiger partial charge on any atom is 0.291 e. The van der Waals surface area contributed by atoms with E-state index in [1.54, 1.807) is 35.9 Å². The molecule has 0 spiro atoms. The predicted molar refractivity (Wildman–Crippen MR) is 85.4 cm³/mol. The lowest BCUT2D eigenvalue weighted by molar-refractivity contribution is 0.0996. The number of ether oxygens (including phenoxy) is 1. The van der Waals surface area contributed by atoms with Crippen LogP contribution in [0.25, 0.3) is 0 Å². The molecule has 0 saturated carbocycles. The third-order valence-electron chi connectivity index (χ3n) is 3.51. The lowest BCUT2D eigenvalue weighted by Gasteiger charge is -2.08. The molecule has 1 amide bonds. The van der Waals surface area contributed by atoms with Gasteiger partial charge in [0.1, 0.15) is 11.6 Å². The molecule has 7 heteroatoms. The van der Waals surface area contributed by atoms with Crippen LogP contribution in [0.2, 0.25) is 0 Å². The van der Waals surface area contributed by atoms with Crippen LogP contribution in [0.5, 0.6) is 5.75 Å². The summed E-state index contributed by atoms with van der Waals surface area (Å²) < 4.78 is 25.4. The first-order chi connectivity index (χ1) is 11.5. The molecule has 0 aliphatic rings. The van der Waals surface area contributed by atoms with Crippen LogP contribution in [0, 0.1) is 19.7 Å². The predicted octanol–water partition coefficient (Wildman–Crippen LogP) is 3.52. The van der Waals surface area contributed by atoms with Crippen LogP contribution in [0.4, 0.5) is 10.1 Å². The molecule has 124 valence electrons. The van der Waals surface area contributed by atoms with Crippen molar-refractivity contribution in [2.45, 2.75) is 20.6 Å². The van der Waals surface area contributed by atoms with E-state index < -0.39 is 0 Å². The highest BCUT2D eigenvalue weighted by molar-refractivity contribution is 6.02. The highest BCUT2D eigenvalue weighted by Gasteiger charge is 2.16. The van der Waals surface area contributed by atoms with Crippen molar-refractivity contribution in [1.29, 1.82) is 0 Å². The molecule has 0 unspecified atom stereocenters. The number of halogens is 1. The number of carbonyl (C=O) groups excluding carboxylic acids is 1. The van der Waals surface area contributed by atoms with E-state index in [1.165, 1.54) is 18.4 Å². The lowest BCUT2D eigenvalue weighted by Crippen LogP contribution is -2.13. The minimum atomic E-state index is -0.368. The SMILES string of the molecule is Cc1nn(COc2cccc(F)c2)c(C)c1NC(=O)c1ccco1. The Labute approximate surface area is 137 Å². The van der Waals surface area contributed by atoms with Gasteiger partial charge in [0, 0.05) is 6.07 Å². The number of hydrogen-bond acceptors (Lipinski definition) is 4. The van der Waals surface area contributed by atoms with Gasteiger partial charge in [-0.15, -0.1) is 0 Å². The second-order valence-electron chi connectivity index (χ2n) is 5.21. The van der Waals surface area contributed by atoms with Crippen LogP contribution < -0.4 is 10.1 Å². The Balaban J connectivity index is 1.73. The van der Waals surface area contributed by atoms with Crippen LogP contribution in [-0.2, 0) is 6.73 Å². The Bertz CT molecular complexity index is 856. The molecule has 0 aliphatic carbocycles. The number of furan rings is 1. The van der Waals surface area contributed by atoms with Gasteiger partial charge in [0.05, 0.1) is 23.3 Å². The maximum atomic E-state index is 13.2. The van der Waals surface area contributed by atoms with Gasteiger partial charge in [0.2, 0.25) is 0 Å². The normalized spacial score (nSPS) is 10.6. The molecule has 0 atom stereocenters. The minimum absolute atomic E-state index is 0.104. The Morgan fingerprint density at radius 1 is 1.33 bits per heavy atom. The highest BCUT2D eigenvalue weighted by Crippen LogP contribution is 2.21. The molecular formula is C17H16FN3O3. The molecule has 3 rings (SSSR count). The molecule has 6 nitrogen and oxygen atoms in total. The Hall–Kier alpha value is -3.09. The van der Waals surface area contributed by atoms with Crippen molar-refractivity contribution in [1.82, 2.24) is 9.78 Å². The fraction of sp³-hybridized carbons (Fsp3) is 0.176. The van der Waals surface area contributed by atoms with Crippen molar-refractivity contribution in [2.75, 3.05) is 5.32 Å². The van der Waals surface area contributed by atoms with Gasteiger partial charge in [-0.3, -0.25) is 4.79 Å². The van der Waals surface area contributed by atoms with Gasteiger partial charge < -0.3 is 14.5 Å². The molecule has 0 bridgehead atoms. The molecule has 3 aromatic rings. The van der Waals surface area contributed by atoms with Gasteiger partial charge in [0.15, 0.2) is 12.5 Å². The fourth-order valence-electron chi connectivity index (χ4n) is 2.28. The van der Waals surface area contributed by atoms with Crippen LogP contribution in [-0.4, -0.2) is 15.7 Å². The summed E-state index contributed by atoms with van der Waals surface area (Å²) in [6.07, 6.45) is 1.44. The molecule has 1 aromatic carbocycles. The maximum absolute atomic E-state index is 13.2. The Kier molecular flexibility index (Phi) is 4.33. The number of rotatable bonds is 5. The number of amides is 1. The number of carbonyl (C=O) groups is 1. The van der Waals surface area contributed by atoms with Crippen LogP contribution >= 0.6 is 0 Å². The standard InChI is InChI=1S/C17H16FN3O3/c1-11-16(19-17(22)15-7-4-8-23-15)12(2)21(20-11)10-24-14-6-3-5-13(18)9-14/h3-9H,10H2,1-2H3,(H,19,22). The minimum Gasteiger partial charge on any atom is -0.471 e. The summed E-state index contributed by atoms with van der Waals surface area (Å²) in [5.41, 5.74) is 1.97. The number of aromatic nitrogens is 2. The zero-order valence-corrected chi connectivity index (χ0v) is 13.2. The molecule has 0 saturated heterocycles. The van der Waals surface area contributed by atoms with Crippen molar-refractivity contribution in [3.8, 4) is 5.75 Å². The smallest absolute Gasteiger partial charge is 0.291 e. The van der Waals surface area contributed by atoms with E-state index in [4.69, 9.17) is 9.15 Å². The summed E-state index contributed by atoms with van der Waals surface area (Å²) in [7, 11) is 0. The summed E-state index contributed by atoms with van der Waals surface area (Å²) in [5, 5.41) is 7.11. The third-order valence-corrected chi connectivity index (χ3v) is 3.51. The Morgan fingerprint density at radius 3 is 2.88 bits per heavy atom. The topological polar surface area (TPSA) is 69.3 Å². The second-order valence-corrected chi connectivity index (χ2v) is 5.21. The van der Waals surface area contributed by atoms with Crippen LogP contribution in [0.15, 0.2) is 47.1 Å². The zero-order valence-electron chi connectivity index (χ0n) is 13.2. The fourth-order valence-corrected chi connectivity index (χ4v) is 2.28. The van der Waals surface area contributed by atoms with Gasteiger partial charge in [0.25, 0.3) is 5.91 Å². The molecule has 24 heavy (non-hydrogen) atoms. The van der Waals surface area contributed by atoms with Crippen LogP contribution in [0.3, 0.4) is 0 Å². The monoisotopic (exact) mass is 329 g/mol. The first-order valence-electron chi connectivity index (χ1n) is 7.32. The average Bonchev–Trinajstić information content (AvgIpc) is 3.17. The summed E-state index contributed by atoms with van der Waals surface area (Å²) in [4.78, 5) is 12.1. The Morgan fingerprint density at radius 2 is 2.17 bits per heavy atom. The van der Waals surface area contributed by atoms with E-state index in [1.807, 2.05) is 6.92 Å². The third kappa shape index (κ3) is 3.29. The van der Waals surface area contributed by atoms with E-state index in [-0.39, 0.29) is 24.2 Å². The molecule has 2 aromatic heterocycles. The number of hydrogen-bond donors (Lipinski definition) is 1. The van der Waals surface area contributed by atoms with E-state index in [0.717, 1.165) is 5.69 Å². The van der Waals surface area contributed by atoms with Crippen molar-refractivity contribution in [3.63, 3.8) is 0 Å². The van der Waals surface area contributed by atoms with Crippen molar-refractivity contribution < 1.29 is 18.3 Å². The number of anilines is 1. The van der Waals surface area contributed by atoms with Crippen molar-refractivity contribution in [2.24, 2.45) is 0 Å². The summed E-state index contributed by atoms with van der Waals surface area (Å²) >= 11 is 0. The summed E-state index contributed by atoms with van der Waals surface area (Å²) in [6.45, 7) is 3.70. The van der Waals surface area contributed by atoms with Gasteiger partial charge in [-0.05, 0) is 38.1 Å². The second kappa shape index (κ2) is 6.57. The first-order valence-corrected chi connectivity index (χ1v) is 7.32. The zero-order chi connectivity index (χ0) is 17.1. The number of nitrogens with one attached hydrogen (secondary N) is 1. The molecule has 1 N–H and O–H groups in total. The average molecular weight is 329 g/mol. The lowest BCUT2D eigenvalue weighted by atomic mass is 10.3.